The molecule has 0 aromatic rings. The van der Waals surface area contributed by atoms with Crippen molar-refractivity contribution in [3.05, 3.63) is 11.6 Å². The molecule has 1 rings (SSSR count). The van der Waals surface area contributed by atoms with E-state index in [1.165, 1.54) is 37.7 Å². The van der Waals surface area contributed by atoms with Gasteiger partial charge in [-0.1, -0.05) is 37.8 Å². The predicted octanol–water partition coefficient (Wildman–Crippen LogP) is 3.50. The maximum Gasteiger partial charge on any atom is 0.0254 e. The number of hydrogen-bond donors (Lipinski definition) is 1. The van der Waals surface area contributed by atoms with E-state index in [4.69, 9.17) is 5.73 Å². The van der Waals surface area contributed by atoms with Gasteiger partial charge in [-0.2, -0.15) is 0 Å². The zero-order chi connectivity index (χ0) is 10.6. The monoisotopic (exact) mass is 195 g/mol. The Kier molecular flexibility index (Phi) is 4.67. The van der Waals surface area contributed by atoms with Crippen LogP contribution in [0.15, 0.2) is 11.6 Å². The van der Waals surface area contributed by atoms with Crippen LogP contribution in [0.4, 0.5) is 0 Å². The van der Waals surface area contributed by atoms with E-state index in [0.29, 0.717) is 6.04 Å². The molecule has 1 aliphatic rings. The van der Waals surface area contributed by atoms with Gasteiger partial charge < -0.3 is 5.73 Å². The van der Waals surface area contributed by atoms with Gasteiger partial charge in [0.25, 0.3) is 0 Å². The number of allylic oxidation sites excluding steroid dienone is 1. The van der Waals surface area contributed by atoms with Crippen LogP contribution < -0.4 is 5.73 Å². The zero-order valence-electron chi connectivity index (χ0n) is 9.92. The summed E-state index contributed by atoms with van der Waals surface area (Å²) in [6, 6.07) is 0.300. The largest absolute Gasteiger partial charge is 0.324 e. The van der Waals surface area contributed by atoms with Crippen molar-refractivity contribution in [2.45, 2.75) is 58.9 Å². The van der Waals surface area contributed by atoms with Crippen molar-refractivity contribution < 1.29 is 0 Å². The van der Waals surface area contributed by atoms with Gasteiger partial charge in [-0.25, -0.2) is 0 Å². The first-order chi connectivity index (χ1) is 6.63. The Labute approximate surface area is 88.8 Å². The van der Waals surface area contributed by atoms with Gasteiger partial charge in [-0.15, -0.1) is 0 Å². The Morgan fingerprint density at radius 3 is 2.71 bits per heavy atom. The third-order valence-corrected chi connectivity index (χ3v) is 3.47. The van der Waals surface area contributed by atoms with Gasteiger partial charge in [0.1, 0.15) is 0 Å². The van der Waals surface area contributed by atoms with Gasteiger partial charge in [0.05, 0.1) is 0 Å². The normalized spacial score (nSPS) is 29.7. The van der Waals surface area contributed by atoms with Gasteiger partial charge in [0.2, 0.25) is 0 Å². The molecule has 0 heterocycles. The molecule has 0 aromatic carbocycles. The highest BCUT2D eigenvalue weighted by molar-refractivity contribution is 5.02. The summed E-state index contributed by atoms with van der Waals surface area (Å²) in [7, 11) is 0. The minimum atomic E-state index is 0.300. The summed E-state index contributed by atoms with van der Waals surface area (Å²) in [6.07, 6.45) is 9.06. The lowest BCUT2D eigenvalue weighted by atomic mass is 9.77. The van der Waals surface area contributed by atoms with Gasteiger partial charge in [-0.05, 0) is 38.5 Å². The van der Waals surface area contributed by atoms with Crippen molar-refractivity contribution in [1.29, 1.82) is 0 Å². The average molecular weight is 195 g/mol. The first kappa shape index (κ1) is 11.8. The Morgan fingerprint density at radius 2 is 2.14 bits per heavy atom. The van der Waals surface area contributed by atoms with Crippen LogP contribution in [0, 0.1) is 11.8 Å². The predicted molar refractivity (Wildman–Crippen MR) is 63.1 cm³/mol. The molecular formula is C13H25N. The van der Waals surface area contributed by atoms with E-state index in [1.54, 1.807) is 0 Å². The SMILES string of the molecule is CCC1CCCC(C(N)C=C(C)C)C1. The molecule has 1 nitrogen and oxygen atoms in total. The van der Waals surface area contributed by atoms with E-state index in [1.807, 2.05) is 0 Å². The molecule has 1 aliphatic carbocycles. The molecule has 1 heteroatoms. The van der Waals surface area contributed by atoms with Crippen molar-refractivity contribution in [2.24, 2.45) is 17.6 Å². The Hall–Kier alpha value is -0.300. The number of hydrogen-bond acceptors (Lipinski definition) is 1. The highest BCUT2D eigenvalue weighted by Gasteiger charge is 2.24. The minimum Gasteiger partial charge on any atom is -0.324 e. The molecule has 0 saturated heterocycles. The quantitative estimate of drug-likeness (QED) is 0.685. The van der Waals surface area contributed by atoms with Crippen LogP contribution in [-0.2, 0) is 0 Å². The molecule has 82 valence electrons. The van der Waals surface area contributed by atoms with Crippen molar-refractivity contribution in [3.63, 3.8) is 0 Å². The molecule has 0 amide bonds. The van der Waals surface area contributed by atoms with E-state index in [9.17, 15) is 0 Å². The third-order valence-electron chi connectivity index (χ3n) is 3.47. The van der Waals surface area contributed by atoms with E-state index < -0.39 is 0 Å². The van der Waals surface area contributed by atoms with Crippen LogP contribution in [0.2, 0.25) is 0 Å². The van der Waals surface area contributed by atoms with Crippen LogP contribution in [0.1, 0.15) is 52.9 Å². The zero-order valence-corrected chi connectivity index (χ0v) is 9.92. The van der Waals surface area contributed by atoms with Crippen LogP contribution in [0.5, 0.6) is 0 Å². The fraction of sp³-hybridized carbons (Fsp3) is 0.846. The molecule has 14 heavy (non-hydrogen) atoms. The van der Waals surface area contributed by atoms with Gasteiger partial charge in [0, 0.05) is 6.04 Å². The maximum absolute atomic E-state index is 6.19. The Balaban J connectivity index is 2.47. The molecule has 0 aliphatic heterocycles. The molecule has 0 radical (unpaired) electrons. The lowest BCUT2D eigenvalue weighted by Gasteiger charge is -2.31. The second-order valence-electron chi connectivity index (χ2n) is 5.02. The Morgan fingerprint density at radius 1 is 1.43 bits per heavy atom. The van der Waals surface area contributed by atoms with Crippen LogP contribution in [0.3, 0.4) is 0 Å². The second-order valence-corrected chi connectivity index (χ2v) is 5.02. The number of rotatable bonds is 3. The highest BCUT2D eigenvalue weighted by Crippen LogP contribution is 2.32. The van der Waals surface area contributed by atoms with Crippen molar-refractivity contribution >= 4 is 0 Å². The molecule has 1 fully saturated rings. The highest BCUT2D eigenvalue weighted by atomic mass is 14.6. The van der Waals surface area contributed by atoms with E-state index >= 15 is 0 Å². The molecule has 3 unspecified atom stereocenters. The summed E-state index contributed by atoms with van der Waals surface area (Å²) in [4.78, 5) is 0. The van der Waals surface area contributed by atoms with Crippen molar-refractivity contribution in [3.8, 4) is 0 Å². The fourth-order valence-corrected chi connectivity index (χ4v) is 2.57. The lowest BCUT2D eigenvalue weighted by Crippen LogP contribution is -2.32. The van der Waals surface area contributed by atoms with Crippen LogP contribution >= 0.6 is 0 Å². The molecule has 0 bridgehead atoms. The molecular weight excluding hydrogens is 170 g/mol. The summed E-state index contributed by atoms with van der Waals surface area (Å²) in [5.74, 6) is 1.67. The van der Waals surface area contributed by atoms with E-state index in [-0.39, 0.29) is 0 Å². The first-order valence-electron chi connectivity index (χ1n) is 6.04. The molecule has 3 atom stereocenters. The molecule has 0 aromatic heterocycles. The van der Waals surface area contributed by atoms with Gasteiger partial charge in [0.15, 0.2) is 0 Å². The lowest BCUT2D eigenvalue weighted by molar-refractivity contribution is 0.245. The van der Waals surface area contributed by atoms with E-state index in [0.717, 1.165) is 11.8 Å². The standard InChI is InChI=1S/C13H25N/c1-4-11-6-5-7-12(9-11)13(14)8-10(2)3/h8,11-13H,4-7,9,14H2,1-3H3. The summed E-state index contributed by atoms with van der Waals surface area (Å²) in [5, 5.41) is 0. The third kappa shape index (κ3) is 3.45. The second kappa shape index (κ2) is 5.55. The van der Waals surface area contributed by atoms with Crippen LogP contribution in [0.25, 0.3) is 0 Å². The molecule has 2 N–H and O–H groups in total. The van der Waals surface area contributed by atoms with Gasteiger partial charge >= 0.3 is 0 Å². The van der Waals surface area contributed by atoms with Crippen molar-refractivity contribution in [2.75, 3.05) is 0 Å². The fourth-order valence-electron chi connectivity index (χ4n) is 2.57. The number of nitrogens with two attached hydrogens (primary N) is 1. The minimum absolute atomic E-state index is 0.300. The smallest absolute Gasteiger partial charge is 0.0254 e. The maximum atomic E-state index is 6.19. The van der Waals surface area contributed by atoms with Crippen molar-refractivity contribution in [1.82, 2.24) is 0 Å². The Bertz CT molecular complexity index is 191. The van der Waals surface area contributed by atoms with Gasteiger partial charge in [-0.3, -0.25) is 0 Å². The summed E-state index contributed by atoms with van der Waals surface area (Å²) in [6.45, 7) is 6.58. The first-order valence-corrected chi connectivity index (χ1v) is 6.04. The summed E-state index contributed by atoms with van der Waals surface area (Å²) >= 11 is 0. The van der Waals surface area contributed by atoms with Crippen LogP contribution in [-0.4, -0.2) is 6.04 Å². The van der Waals surface area contributed by atoms with E-state index in [2.05, 4.69) is 26.8 Å². The average Bonchev–Trinajstić information content (AvgIpc) is 2.17. The topological polar surface area (TPSA) is 26.0 Å². The summed E-state index contributed by atoms with van der Waals surface area (Å²) < 4.78 is 0. The molecule has 1 saturated carbocycles. The molecule has 0 spiro atoms. The summed E-state index contributed by atoms with van der Waals surface area (Å²) in [5.41, 5.74) is 7.55.